The van der Waals surface area contributed by atoms with Gasteiger partial charge in [0.15, 0.2) is 0 Å². The molecule has 0 unspecified atom stereocenters. The number of piperazine rings is 1. The zero-order valence-electron chi connectivity index (χ0n) is 8.39. The van der Waals surface area contributed by atoms with Crippen LogP contribution in [0.5, 0.6) is 0 Å². The zero-order valence-corrected chi connectivity index (χ0v) is 8.39. The molecule has 1 aliphatic heterocycles. The second-order valence-electron chi connectivity index (χ2n) is 4.47. The molecule has 1 fully saturated rings. The minimum Gasteiger partial charge on any atom is -0.303 e. The fourth-order valence-electron chi connectivity index (χ4n) is 2.01. The Kier molecular flexibility index (Phi) is 2.26. The predicted molar refractivity (Wildman–Crippen MR) is 48.8 cm³/mol. The maximum atomic E-state index is 2.47. The lowest BCUT2D eigenvalue weighted by atomic mass is 9.97. The van der Waals surface area contributed by atoms with Gasteiger partial charge in [0.1, 0.15) is 0 Å². The van der Waals surface area contributed by atoms with E-state index < -0.39 is 0 Å². The van der Waals surface area contributed by atoms with E-state index in [0.29, 0.717) is 11.6 Å². The van der Waals surface area contributed by atoms with Crippen molar-refractivity contribution in [1.29, 1.82) is 0 Å². The van der Waals surface area contributed by atoms with Gasteiger partial charge in [-0.3, -0.25) is 4.90 Å². The van der Waals surface area contributed by atoms with Gasteiger partial charge in [-0.25, -0.2) is 0 Å². The number of hydrogen-bond acceptors (Lipinski definition) is 2. The highest BCUT2D eigenvalue weighted by atomic mass is 15.3. The maximum absolute atomic E-state index is 2.47. The van der Waals surface area contributed by atoms with Crippen molar-refractivity contribution in [2.45, 2.75) is 32.4 Å². The summed E-state index contributed by atoms with van der Waals surface area (Å²) in [6.07, 6.45) is 0. The van der Waals surface area contributed by atoms with Crippen LogP contribution in [0.4, 0.5) is 0 Å². The van der Waals surface area contributed by atoms with Crippen molar-refractivity contribution < 1.29 is 0 Å². The van der Waals surface area contributed by atoms with E-state index in [4.69, 9.17) is 0 Å². The monoisotopic (exact) mass is 156 g/mol. The van der Waals surface area contributed by atoms with Crippen LogP contribution in [0.1, 0.15) is 20.8 Å². The van der Waals surface area contributed by atoms with Crippen LogP contribution in [0, 0.1) is 0 Å². The second-order valence-corrected chi connectivity index (χ2v) is 4.47. The molecule has 0 radical (unpaired) electrons. The standard InChI is InChI=1S/C9H20N2/c1-8-6-10(4)7-9(2,3)11(8)5/h8H,6-7H2,1-5H3/t8-/m0/s1. The van der Waals surface area contributed by atoms with Gasteiger partial charge in [-0.05, 0) is 34.9 Å². The highest BCUT2D eigenvalue weighted by molar-refractivity contribution is 4.90. The van der Waals surface area contributed by atoms with Gasteiger partial charge >= 0.3 is 0 Å². The van der Waals surface area contributed by atoms with E-state index in [1.54, 1.807) is 0 Å². The SMILES string of the molecule is C[C@H]1CN(C)CC(C)(C)N1C. The Hall–Kier alpha value is -0.0800. The molecule has 0 N–H and O–H groups in total. The molecule has 0 aromatic heterocycles. The van der Waals surface area contributed by atoms with Crippen LogP contribution in [0.2, 0.25) is 0 Å². The van der Waals surface area contributed by atoms with Gasteiger partial charge in [-0.2, -0.15) is 0 Å². The Morgan fingerprint density at radius 1 is 1.27 bits per heavy atom. The maximum Gasteiger partial charge on any atom is 0.0280 e. The average Bonchev–Trinajstić information content (AvgIpc) is 1.81. The lowest BCUT2D eigenvalue weighted by molar-refractivity contribution is 0.0128. The minimum atomic E-state index is 0.340. The van der Waals surface area contributed by atoms with Crippen LogP contribution >= 0.6 is 0 Å². The van der Waals surface area contributed by atoms with Crippen molar-refractivity contribution in [2.75, 3.05) is 27.2 Å². The number of likely N-dealkylation sites (N-methyl/N-ethyl adjacent to an activating group) is 2. The highest BCUT2D eigenvalue weighted by Gasteiger charge is 2.33. The Morgan fingerprint density at radius 2 is 1.82 bits per heavy atom. The normalized spacial score (nSPS) is 34.1. The molecule has 0 aromatic carbocycles. The van der Waals surface area contributed by atoms with Crippen LogP contribution in [0.25, 0.3) is 0 Å². The molecule has 1 rings (SSSR count). The molecule has 66 valence electrons. The summed E-state index contributed by atoms with van der Waals surface area (Å²) in [4.78, 5) is 4.87. The third-order valence-electron chi connectivity index (χ3n) is 2.85. The molecule has 0 bridgehead atoms. The lowest BCUT2D eigenvalue weighted by Crippen LogP contribution is -2.60. The summed E-state index contributed by atoms with van der Waals surface area (Å²) >= 11 is 0. The van der Waals surface area contributed by atoms with Gasteiger partial charge in [0, 0.05) is 24.7 Å². The van der Waals surface area contributed by atoms with Crippen molar-refractivity contribution in [3.05, 3.63) is 0 Å². The van der Waals surface area contributed by atoms with E-state index >= 15 is 0 Å². The Balaban J connectivity index is 2.67. The molecule has 1 atom stereocenters. The molecule has 2 heteroatoms. The minimum absolute atomic E-state index is 0.340. The van der Waals surface area contributed by atoms with Crippen molar-refractivity contribution in [1.82, 2.24) is 9.80 Å². The van der Waals surface area contributed by atoms with Crippen LogP contribution in [0.15, 0.2) is 0 Å². The van der Waals surface area contributed by atoms with Crippen LogP contribution in [-0.4, -0.2) is 48.6 Å². The molecule has 1 aliphatic rings. The summed E-state index contributed by atoms with van der Waals surface area (Å²) in [5.74, 6) is 0. The van der Waals surface area contributed by atoms with Gasteiger partial charge < -0.3 is 4.90 Å². The summed E-state index contributed by atoms with van der Waals surface area (Å²) in [5, 5.41) is 0. The summed E-state index contributed by atoms with van der Waals surface area (Å²) < 4.78 is 0. The fraction of sp³-hybridized carbons (Fsp3) is 1.00. The molecule has 1 saturated heterocycles. The molecular weight excluding hydrogens is 136 g/mol. The highest BCUT2D eigenvalue weighted by Crippen LogP contribution is 2.21. The molecule has 0 spiro atoms. The first-order valence-corrected chi connectivity index (χ1v) is 4.35. The summed E-state index contributed by atoms with van der Waals surface area (Å²) in [5.41, 5.74) is 0.340. The largest absolute Gasteiger partial charge is 0.303 e. The van der Waals surface area contributed by atoms with Crippen LogP contribution < -0.4 is 0 Å². The Labute approximate surface area is 70.2 Å². The van der Waals surface area contributed by atoms with E-state index in [1.807, 2.05) is 0 Å². The Bertz CT molecular complexity index is 142. The number of rotatable bonds is 0. The third kappa shape index (κ3) is 1.74. The summed E-state index contributed by atoms with van der Waals surface area (Å²) in [7, 11) is 4.42. The van der Waals surface area contributed by atoms with Crippen molar-refractivity contribution >= 4 is 0 Å². The van der Waals surface area contributed by atoms with Crippen LogP contribution in [0.3, 0.4) is 0 Å². The summed E-state index contributed by atoms with van der Waals surface area (Å²) in [6, 6.07) is 0.684. The van der Waals surface area contributed by atoms with E-state index in [0.717, 1.165) is 0 Å². The topological polar surface area (TPSA) is 6.48 Å². The quantitative estimate of drug-likeness (QED) is 0.517. The number of nitrogens with zero attached hydrogens (tertiary/aromatic N) is 2. The zero-order chi connectivity index (χ0) is 8.65. The van der Waals surface area contributed by atoms with Gasteiger partial charge in [0.2, 0.25) is 0 Å². The smallest absolute Gasteiger partial charge is 0.0280 e. The first kappa shape index (κ1) is 9.01. The van der Waals surface area contributed by atoms with Crippen molar-refractivity contribution in [3.63, 3.8) is 0 Å². The molecule has 0 amide bonds. The van der Waals surface area contributed by atoms with E-state index in [2.05, 4.69) is 44.7 Å². The molecule has 11 heavy (non-hydrogen) atoms. The molecule has 0 aromatic rings. The molecule has 0 aliphatic carbocycles. The number of hydrogen-bond donors (Lipinski definition) is 0. The van der Waals surface area contributed by atoms with Crippen molar-refractivity contribution in [3.8, 4) is 0 Å². The molecule has 2 nitrogen and oxygen atoms in total. The first-order chi connectivity index (χ1) is 4.93. The summed E-state index contributed by atoms with van der Waals surface area (Å²) in [6.45, 7) is 9.27. The van der Waals surface area contributed by atoms with Gasteiger partial charge in [0.25, 0.3) is 0 Å². The average molecular weight is 156 g/mol. The second kappa shape index (κ2) is 2.76. The third-order valence-corrected chi connectivity index (χ3v) is 2.85. The van der Waals surface area contributed by atoms with Gasteiger partial charge in [-0.1, -0.05) is 0 Å². The van der Waals surface area contributed by atoms with Gasteiger partial charge in [-0.15, -0.1) is 0 Å². The molecule has 1 heterocycles. The Morgan fingerprint density at radius 3 is 2.27 bits per heavy atom. The molecule has 0 saturated carbocycles. The molecular formula is C9H20N2. The fourth-order valence-corrected chi connectivity index (χ4v) is 2.01. The van der Waals surface area contributed by atoms with E-state index in [9.17, 15) is 0 Å². The van der Waals surface area contributed by atoms with E-state index in [1.165, 1.54) is 13.1 Å². The van der Waals surface area contributed by atoms with Crippen molar-refractivity contribution in [2.24, 2.45) is 0 Å². The predicted octanol–water partition coefficient (Wildman–Crippen LogP) is 1.03. The first-order valence-electron chi connectivity index (χ1n) is 4.35. The lowest BCUT2D eigenvalue weighted by Gasteiger charge is -2.48. The van der Waals surface area contributed by atoms with Gasteiger partial charge in [0.05, 0.1) is 0 Å². The van der Waals surface area contributed by atoms with Crippen LogP contribution in [-0.2, 0) is 0 Å². The van der Waals surface area contributed by atoms with E-state index in [-0.39, 0.29) is 0 Å².